The van der Waals surface area contributed by atoms with E-state index in [0.717, 1.165) is 0 Å². The van der Waals surface area contributed by atoms with Crippen LogP contribution < -0.4 is 11.5 Å². The van der Waals surface area contributed by atoms with Crippen molar-refractivity contribution in [2.75, 3.05) is 0 Å². The molecule has 0 aromatic carbocycles. The van der Waals surface area contributed by atoms with Gasteiger partial charge >= 0.3 is 6.03 Å². The molecule has 0 radical (unpaired) electrons. The van der Waals surface area contributed by atoms with E-state index in [-0.39, 0.29) is 11.6 Å². The number of primary amides is 2. The molecule has 0 spiro atoms. The van der Waals surface area contributed by atoms with Gasteiger partial charge in [-0.05, 0) is 0 Å². The third-order valence-electron chi connectivity index (χ3n) is 0.496. The molecule has 0 unspecified atom stereocenters. The number of nitrogens with two attached hydrogens (primary N) is 2. The lowest BCUT2D eigenvalue weighted by Crippen LogP contribution is -2.18. The first-order valence-corrected chi connectivity index (χ1v) is 2.44. The largest absolute Gasteiger partial charge is 0.352 e. The Balaban J connectivity index is 0. The van der Waals surface area contributed by atoms with Crippen LogP contribution in [0.4, 0.5) is 4.79 Å². The molecular formula is C5H10N2O3. The number of ketones is 2. The molecule has 0 aliphatic carbocycles. The molecule has 5 nitrogen and oxygen atoms in total. The molecule has 0 atom stereocenters. The summed E-state index contributed by atoms with van der Waals surface area (Å²) < 4.78 is 0. The Morgan fingerprint density at radius 3 is 1.00 bits per heavy atom. The number of amides is 2. The number of Topliss-reactive ketones (excluding diaryl/α,β-unsaturated/α-hetero) is 2. The summed E-state index contributed by atoms with van der Waals surface area (Å²) in [5, 5.41) is 0. The van der Waals surface area contributed by atoms with E-state index in [1.165, 1.54) is 13.8 Å². The van der Waals surface area contributed by atoms with E-state index < -0.39 is 6.03 Å². The fraction of sp³-hybridized carbons (Fsp3) is 0.400. The van der Waals surface area contributed by atoms with E-state index in [4.69, 9.17) is 4.79 Å². The molecule has 0 heterocycles. The van der Waals surface area contributed by atoms with Crippen molar-refractivity contribution in [3.8, 4) is 0 Å². The maximum atomic E-state index is 9.79. The van der Waals surface area contributed by atoms with E-state index in [9.17, 15) is 9.59 Å². The maximum absolute atomic E-state index is 9.79. The Labute approximate surface area is 58.4 Å². The van der Waals surface area contributed by atoms with E-state index in [2.05, 4.69) is 11.5 Å². The van der Waals surface area contributed by atoms with Crippen molar-refractivity contribution in [2.45, 2.75) is 13.8 Å². The van der Waals surface area contributed by atoms with Crippen LogP contribution in [-0.2, 0) is 9.59 Å². The summed E-state index contributed by atoms with van der Waals surface area (Å²) in [5.74, 6) is -0.759. The highest BCUT2D eigenvalue weighted by molar-refractivity contribution is 6.35. The van der Waals surface area contributed by atoms with Crippen molar-refractivity contribution in [1.29, 1.82) is 0 Å². The highest BCUT2D eigenvalue weighted by Gasteiger charge is 1.94. The van der Waals surface area contributed by atoms with Crippen LogP contribution in [0.2, 0.25) is 0 Å². The second-order valence-electron chi connectivity index (χ2n) is 1.51. The number of hydrogen-bond acceptors (Lipinski definition) is 3. The first-order valence-electron chi connectivity index (χ1n) is 2.44. The molecule has 0 fully saturated rings. The van der Waals surface area contributed by atoms with Crippen LogP contribution in [0.1, 0.15) is 13.8 Å². The summed E-state index contributed by atoms with van der Waals surface area (Å²) in [7, 11) is 0. The van der Waals surface area contributed by atoms with Gasteiger partial charge in [-0.1, -0.05) is 0 Å². The van der Waals surface area contributed by atoms with E-state index in [0.29, 0.717) is 0 Å². The predicted molar refractivity (Wildman–Crippen MR) is 35.1 cm³/mol. The normalized spacial score (nSPS) is 7.00. The number of rotatable bonds is 1. The van der Waals surface area contributed by atoms with Crippen molar-refractivity contribution in [3.05, 3.63) is 0 Å². The van der Waals surface area contributed by atoms with Crippen LogP contribution in [0.15, 0.2) is 0 Å². The Kier molecular flexibility index (Phi) is 6.55. The lowest BCUT2D eigenvalue weighted by Gasteiger charge is -1.73. The SMILES string of the molecule is CC(=O)C(C)=O.NC(N)=O. The molecular weight excluding hydrogens is 136 g/mol. The van der Waals surface area contributed by atoms with Crippen molar-refractivity contribution in [3.63, 3.8) is 0 Å². The van der Waals surface area contributed by atoms with Crippen molar-refractivity contribution < 1.29 is 14.4 Å². The fourth-order valence-corrected chi connectivity index (χ4v) is 0. The van der Waals surface area contributed by atoms with Crippen LogP contribution in [0.3, 0.4) is 0 Å². The molecule has 10 heavy (non-hydrogen) atoms. The average molecular weight is 146 g/mol. The van der Waals surface area contributed by atoms with E-state index >= 15 is 0 Å². The summed E-state index contributed by atoms with van der Waals surface area (Å²) in [6.45, 7) is 2.50. The molecule has 2 amide bonds. The third-order valence-corrected chi connectivity index (χ3v) is 0.496. The predicted octanol–water partition coefficient (Wildman–Crippen LogP) is -0.812. The van der Waals surface area contributed by atoms with Crippen LogP contribution in [0.5, 0.6) is 0 Å². The van der Waals surface area contributed by atoms with Gasteiger partial charge in [0.05, 0.1) is 0 Å². The Hall–Kier alpha value is -1.39. The van der Waals surface area contributed by atoms with Gasteiger partial charge in [-0.15, -0.1) is 0 Å². The number of urea groups is 1. The molecule has 0 aliphatic heterocycles. The molecule has 0 aromatic rings. The average Bonchev–Trinajstić information content (AvgIpc) is 1.63. The van der Waals surface area contributed by atoms with Crippen LogP contribution >= 0.6 is 0 Å². The molecule has 0 aromatic heterocycles. The molecule has 0 saturated carbocycles. The van der Waals surface area contributed by atoms with Gasteiger partial charge in [-0.3, -0.25) is 9.59 Å². The van der Waals surface area contributed by atoms with Gasteiger partial charge in [-0.2, -0.15) is 0 Å². The minimum absolute atomic E-state index is 0.380. The van der Waals surface area contributed by atoms with Crippen molar-refractivity contribution in [1.82, 2.24) is 0 Å². The first kappa shape index (κ1) is 11.4. The van der Waals surface area contributed by atoms with Gasteiger partial charge in [0.25, 0.3) is 0 Å². The number of carbonyl (C=O) groups is 3. The molecule has 0 aliphatic rings. The summed E-state index contributed by atoms with van der Waals surface area (Å²) in [5.41, 5.74) is 8.50. The van der Waals surface area contributed by atoms with Gasteiger partial charge in [0, 0.05) is 13.8 Å². The summed E-state index contributed by atoms with van der Waals surface area (Å²) in [6.07, 6.45) is 0. The Morgan fingerprint density at radius 1 is 0.900 bits per heavy atom. The van der Waals surface area contributed by atoms with Crippen LogP contribution in [-0.4, -0.2) is 17.6 Å². The zero-order chi connectivity index (χ0) is 8.73. The van der Waals surface area contributed by atoms with Crippen LogP contribution in [0, 0.1) is 0 Å². The number of hydrogen-bond donors (Lipinski definition) is 2. The van der Waals surface area contributed by atoms with E-state index in [1.54, 1.807) is 0 Å². The smallest absolute Gasteiger partial charge is 0.309 e. The van der Waals surface area contributed by atoms with Gasteiger partial charge in [-0.25, -0.2) is 4.79 Å². The minimum Gasteiger partial charge on any atom is -0.352 e. The molecule has 0 saturated heterocycles. The van der Waals surface area contributed by atoms with E-state index in [1.807, 2.05) is 0 Å². The zero-order valence-electron chi connectivity index (χ0n) is 5.88. The highest BCUT2D eigenvalue weighted by atomic mass is 16.2. The van der Waals surface area contributed by atoms with Gasteiger partial charge < -0.3 is 11.5 Å². The van der Waals surface area contributed by atoms with Crippen molar-refractivity contribution >= 4 is 17.6 Å². The molecule has 58 valence electrons. The fourth-order valence-electron chi connectivity index (χ4n) is 0. The second kappa shape index (κ2) is 5.74. The first-order chi connectivity index (χ1) is 4.37. The molecule has 0 bridgehead atoms. The molecule has 5 heteroatoms. The van der Waals surface area contributed by atoms with Gasteiger partial charge in [0.15, 0.2) is 11.6 Å². The van der Waals surface area contributed by atoms with Crippen LogP contribution in [0.25, 0.3) is 0 Å². The lowest BCUT2D eigenvalue weighted by molar-refractivity contribution is -0.134. The third kappa shape index (κ3) is 30.5. The molecule has 0 rings (SSSR count). The van der Waals surface area contributed by atoms with Crippen molar-refractivity contribution in [2.24, 2.45) is 11.5 Å². The monoisotopic (exact) mass is 146 g/mol. The van der Waals surface area contributed by atoms with Gasteiger partial charge in [0.2, 0.25) is 0 Å². The van der Waals surface area contributed by atoms with Gasteiger partial charge in [0.1, 0.15) is 0 Å². The second-order valence-corrected chi connectivity index (χ2v) is 1.51. The Bertz CT molecular complexity index is 137. The topological polar surface area (TPSA) is 103 Å². The zero-order valence-corrected chi connectivity index (χ0v) is 5.88. The highest BCUT2D eigenvalue weighted by Crippen LogP contribution is 1.66. The Morgan fingerprint density at radius 2 is 1.00 bits per heavy atom. The summed E-state index contributed by atoms with van der Waals surface area (Å²) >= 11 is 0. The molecule has 4 N–H and O–H groups in total. The standard InChI is InChI=1S/C4H6O2.CH4N2O/c1-3(5)4(2)6;2-1(3)4/h1-2H3;(H4,2,3,4). The minimum atomic E-state index is -0.833. The summed E-state index contributed by atoms with van der Waals surface area (Å²) in [4.78, 5) is 28.6. The number of carbonyl (C=O) groups excluding carboxylic acids is 3. The maximum Gasteiger partial charge on any atom is 0.309 e. The lowest BCUT2D eigenvalue weighted by atomic mass is 10.3. The quantitative estimate of drug-likeness (QED) is 0.472. The summed E-state index contributed by atoms with van der Waals surface area (Å²) in [6, 6.07) is -0.833.